The van der Waals surface area contributed by atoms with Gasteiger partial charge in [-0.25, -0.2) is 0 Å². The van der Waals surface area contributed by atoms with E-state index in [1.54, 1.807) is 7.05 Å². The maximum absolute atomic E-state index is 4.02. The molecule has 0 amide bonds. The van der Waals surface area contributed by atoms with Crippen LogP contribution in [0.3, 0.4) is 0 Å². The molecule has 0 aromatic rings. The van der Waals surface area contributed by atoms with E-state index in [9.17, 15) is 0 Å². The van der Waals surface area contributed by atoms with Crippen LogP contribution in [0.2, 0.25) is 0 Å². The van der Waals surface area contributed by atoms with Crippen molar-refractivity contribution in [2.75, 3.05) is 14.1 Å². The highest BCUT2D eigenvalue weighted by atomic mass is 14.8. The van der Waals surface area contributed by atoms with E-state index in [1.807, 2.05) is 14.0 Å². The zero-order valence-electron chi connectivity index (χ0n) is 7.23. The minimum Gasteiger partial charge on any atom is -0.391 e. The van der Waals surface area contributed by atoms with E-state index in [2.05, 4.69) is 23.3 Å². The summed E-state index contributed by atoms with van der Waals surface area (Å²) in [4.78, 5) is 4.02. The number of allylic oxidation sites excluding steroid dienone is 2. The van der Waals surface area contributed by atoms with Gasteiger partial charge in [-0.3, -0.25) is 4.99 Å². The molecule has 0 aromatic heterocycles. The highest BCUT2D eigenvalue weighted by Gasteiger charge is 1.88. The monoisotopic (exact) mass is 140 g/mol. The van der Waals surface area contributed by atoms with Gasteiger partial charge in [0.2, 0.25) is 0 Å². The third-order valence-corrected chi connectivity index (χ3v) is 1.44. The Morgan fingerprint density at radius 3 is 2.50 bits per heavy atom. The average molecular weight is 140 g/mol. The van der Waals surface area contributed by atoms with Crippen LogP contribution in [0.4, 0.5) is 0 Å². The minimum atomic E-state index is 1.03. The van der Waals surface area contributed by atoms with Crippen LogP contribution in [0, 0.1) is 0 Å². The van der Waals surface area contributed by atoms with Gasteiger partial charge >= 0.3 is 0 Å². The van der Waals surface area contributed by atoms with Gasteiger partial charge in [-0.1, -0.05) is 6.92 Å². The summed E-state index contributed by atoms with van der Waals surface area (Å²) in [5.41, 5.74) is 2.29. The zero-order chi connectivity index (χ0) is 7.98. The topological polar surface area (TPSA) is 24.4 Å². The summed E-state index contributed by atoms with van der Waals surface area (Å²) in [7, 11) is 3.73. The highest BCUT2D eigenvalue weighted by Crippen LogP contribution is 1.94. The van der Waals surface area contributed by atoms with Crippen LogP contribution in [0.25, 0.3) is 0 Å². The molecule has 0 bridgehead atoms. The number of nitrogens with one attached hydrogen (secondary N) is 1. The number of aliphatic imine (C=N–C) groups is 1. The van der Waals surface area contributed by atoms with Crippen molar-refractivity contribution >= 4 is 5.71 Å². The van der Waals surface area contributed by atoms with E-state index in [1.165, 1.54) is 5.70 Å². The van der Waals surface area contributed by atoms with Gasteiger partial charge in [-0.2, -0.15) is 0 Å². The van der Waals surface area contributed by atoms with Crippen LogP contribution >= 0.6 is 0 Å². The zero-order valence-corrected chi connectivity index (χ0v) is 7.23. The molecule has 58 valence electrons. The van der Waals surface area contributed by atoms with E-state index < -0.39 is 0 Å². The normalized spacial score (nSPS) is 13.6. The predicted molar refractivity (Wildman–Crippen MR) is 46.5 cm³/mol. The van der Waals surface area contributed by atoms with Crippen molar-refractivity contribution in [1.29, 1.82) is 0 Å². The lowest BCUT2D eigenvalue weighted by molar-refractivity contribution is 0.902. The molecule has 10 heavy (non-hydrogen) atoms. The molecule has 0 unspecified atom stereocenters. The van der Waals surface area contributed by atoms with Gasteiger partial charge in [0.1, 0.15) is 0 Å². The molecule has 0 fully saturated rings. The molecule has 0 spiro atoms. The van der Waals surface area contributed by atoms with Crippen LogP contribution in [-0.2, 0) is 0 Å². The second-order valence-corrected chi connectivity index (χ2v) is 2.14. The van der Waals surface area contributed by atoms with Gasteiger partial charge in [-0.15, -0.1) is 0 Å². The quantitative estimate of drug-likeness (QED) is 0.591. The third-order valence-electron chi connectivity index (χ3n) is 1.44. The fraction of sp³-hybridized carbons (Fsp3) is 0.625. The van der Waals surface area contributed by atoms with Gasteiger partial charge in [0.15, 0.2) is 0 Å². The van der Waals surface area contributed by atoms with Crippen molar-refractivity contribution < 1.29 is 0 Å². The van der Waals surface area contributed by atoms with Crippen molar-refractivity contribution in [2.45, 2.75) is 20.3 Å². The van der Waals surface area contributed by atoms with Crippen molar-refractivity contribution in [3.63, 3.8) is 0 Å². The van der Waals surface area contributed by atoms with Crippen molar-refractivity contribution in [3.05, 3.63) is 11.8 Å². The predicted octanol–water partition coefficient (Wildman–Crippen LogP) is 1.59. The van der Waals surface area contributed by atoms with Gasteiger partial charge in [0.05, 0.1) is 0 Å². The Bertz CT molecular complexity index is 139. The molecule has 0 radical (unpaired) electrons. The van der Waals surface area contributed by atoms with Crippen molar-refractivity contribution in [1.82, 2.24) is 5.32 Å². The maximum Gasteiger partial charge on any atom is 0.0331 e. The average Bonchev–Trinajstić information content (AvgIpc) is 1.99. The van der Waals surface area contributed by atoms with E-state index in [0.29, 0.717) is 0 Å². The van der Waals surface area contributed by atoms with Crippen molar-refractivity contribution in [3.8, 4) is 0 Å². The first-order valence-electron chi connectivity index (χ1n) is 3.56. The van der Waals surface area contributed by atoms with Crippen molar-refractivity contribution in [2.24, 2.45) is 4.99 Å². The second kappa shape index (κ2) is 5.03. The summed E-state index contributed by atoms with van der Waals surface area (Å²) < 4.78 is 0. The van der Waals surface area contributed by atoms with Crippen LogP contribution < -0.4 is 5.32 Å². The Labute approximate surface area is 63.0 Å². The fourth-order valence-corrected chi connectivity index (χ4v) is 0.668. The molecule has 1 N–H and O–H groups in total. The summed E-state index contributed by atoms with van der Waals surface area (Å²) in [6.07, 6.45) is 3.09. The van der Waals surface area contributed by atoms with Gasteiger partial charge in [-0.05, 0) is 19.4 Å². The van der Waals surface area contributed by atoms with Gasteiger partial charge in [0.25, 0.3) is 0 Å². The van der Waals surface area contributed by atoms with Crippen LogP contribution in [0.1, 0.15) is 20.3 Å². The van der Waals surface area contributed by atoms with E-state index >= 15 is 0 Å². The summed E-state index contributed by atoms with van der Waals surface area (Å²) in [6, 6.07) is 0. The summed E-state index contributed by atoms with van der Waals surface area (Å²) in [6.45, 7) is 4.11. The lowest BCUT2D eigenvalue weighted by atomic mass is 10.2. The molecule has 2 nitrogen and oxygen atoms in total. The van der Waals surface area contributed by atoms with E-state index in [-0.39, 0.29) is 0 Å². The number of hydrogen-bond donors (Lipinski definition) is 1. The van der Waals surface area contributed by atoms with E-state index in [0.717, 1.165) is 12.1 Å². The molecule has 0 aliphatic rings. The van der Waals surface area contributed by atoms with Gasteiger partial charge in [0, 0.05) is 25.5 Å². The van der Waals surface area contributed by atoms with Crippen LogP contribution in [-0.4, -0.2) is 19.8 Å². The molecule has 0 atom stereocenters. The Kier molecular flexibility index (Phi) is 4.63. The molecule has 0 rings (SSSR count). The molecule has 0 saturated heterocycles. The lowest BCUT2D eigenvalue weighted by Gasteiger charge is -2.01. The second-order valence-electron chi connectivity index (χ2n) is 2.14. The summed E-state index contributed by atoms with van der Waals surface area (Å²) in [5, 5.41) is 3.10. The molecule has 2 heteroatoms. The first-order valence-corrected chi connectivity index (χ1v) is 3.56. The van der Waals surface area contributed by atoms with Crippen LogP contribution in [0.15, 0.2) is 16.8 Å². The molecular weight excluding hydrogens is 124 g/mol. The summed E-state index contributed by atoms with van der Waals surface area (Å²) in [5.74, 6) is 0. The van der Waals surface area contributed by atoms with Crippen LogP contribution in [0.5, 0.6) is 0 Å². The number of hydrogen-bond acceptors (Lipinski definition) is 2. The highest BCUT2D eigenvalue weighted by molar-refractivity contribution is 5.93. The SMILES string of the molecule is CC/C(=C/C(C)=N\C)NC. The fourth-order valence-electron chi connectivity index (χ4n) is 0.668. The Balaban J connectivity index is 4.10. The smallest absolute Gasteiger partial charge is 0.0331 e. The molecule has 0 aliphatic carbocycles. The Hall–Kier alpha value is -0.790. The minimum absolute atomic E-state index is 1.03. The molecule has 0 aromatic carbocycles. The third kappa shape index (κ3) is 3.28. The standard InChI is InChI=1S/C8H16N2/c1-5-8(10-4)6-7(2)9-3/h6,10H,5H2,1-4H3/b8-6-,9-7-. The maximum atomic E-state index is 4.02. The first-order chi connectivity index (χ1) is 4.74. The number of nitrogens with zero attached hydrogens (tertiary/aromatic N) is 1. The van der Waals surface area contributed by atoms with Gasteiger partial charge < -0.3 is 5.32 Å². The Morgan fingerprint density at radius 1 is 1.60 bits per heavy atom. The summed E-state index contributed by atoms with van der Waals surface area (Å²) >= 11 is 0. The lowest BCUT2D eigenvalue weighted by Crippen LogP contribution is -2.06. The molecule has 0 aliphatic heterocycles. The molecular formula is C8H16N2. The molecule has 0 heterocycles. The Morgan fingerprint density at radius 2 is 2.20 bits per heavy atom. The number of rotatable bonds is 3. The molecule has 0 saturated carbocycles. The largest absolute Gasteiger partial charge is 0.391 e. The first kappa shape index (κ1) is 9.21. The van der Waals surface area contributed by atoms with E-state index in [4.69, 9.17) is 0 Å².